The van der Waals surface area contributed by atoms with Crippen LogP contribution in [0.2, 0.25) is 0 Å². The van der Waals surface area contributed by atoms with Crippen LogP contribution in [0.25, 0.3) is 5.76 Å². The van der Waals surface area contributed by atoms with Crippen molar-refractivity contribution in [3.05, 3.63) is 57.3 Å². The maximum Gasteiger partial charge on any atom is 0.295 e. The van der Waals surface area contributed by atoms with E-state index in [1.54, 1.807) is 11.0 Å². The maximum absolute atomic E-state index is 13.1. The predicted molar refractivity (Wildman–Crippen MR) is 121 cm³/mol. The van der Waals surface area contributed by atoms with E-state index in [1.165, 1.54) is 11.3 Å². The van der Waals surface area contributed by atoms with Gasteiger partial charge in [0, 0.05) is 30.0 Å². The number of Topliss-reactive ketones (excluding diaryl/α,β-unsaturated/α-hetero) is 1. The molecule has 1 fully saturated rings. The number of aliphatic hydroxyl groups excluding tert-OH is 1. The molecule has 2 aliphatic rings. The molecule has 1 saturated heterocycles. The van der Waals surface area contributed by atoms with Crippen molar-refractivity contribution in [3.8, 4) is 5.75 Å². The lowest BCUT2D eigenvalue weighted by molar-refractivity contribution is -0.140. The number of hydrogen-bond donors (Lipinski definition) is 1. The molecule has 0 radical (unpaired) electrons. The normalized spacial score (nSPS) is 22.3. The molecule has 2 atom stereocenters. The van der Waals surface area contributed by atoms with Gasteiger partial charge < -0.3 is 19.6 Å². The number of nitrogens with zero attached hydrogens (tertiary/aromatic N) is 2. The average molecular weight is 441 g/mol. The standard InChI is InChI=1S/C24H28N2O4S/c1-4-25(5-2)10-11-26-21(19-7-6-12-31-19)20(23(28)24(26)29)22(27)16-8-9-18-17(14-16)13-15(3)30-18/h6-9,12,14-15,21,27H,4-5,10-11,13H2,1-3H3/b22-20-. The van der Waals surface area contributed by atoms with E-state index >= 15 is 0 Å². The molecule has 7 heteroatoms. The van der Waals surface area contributed by atoms with Crippen molar-refractivity contribution in [2.75, 3.05) is 26.2 Å². The molecule has 164 valence electrons. The van der Waals surface area contributed by atoms with E-state index in [9.17, 15) is 14.7 Å². The zero-order chi connectivity index (χ0) is 22.1. The molecule has 1 aromatic carbocycles. The number of fused-ring (bicyclic) bond motifs is 1. The Morgan fingerprint density at radius 1 is 1.26 bits per heavy atom. The summed E-state index contributed by atoms with van der Waals surface area (Å²) < 4.78 is 5.75. The number of carbonyl (C=O) groups is 2. The highest BCUT2D eigenvalue weighted by Crippen LogP contribution is 2.41. The van der Waals surface area contributed by atoms with Crippen LogP contribution in [0.4, 0.5) is 0 Å². The van der Waals surface area contributed by atoms with Crippen LogP contribution in [-0.4, -0.2) is 58.9 Å². The van der Waals surface area contributed by atoms with Crippen LogP contribution >= 0.6 is 11.3 Å². The quantitative estimate of drug-likeness (QED) is 0.403. The van der Waals surface area contributed by atoms with Gasteiger partial charge in [0.05, 0.1) is 11.6 Å². The fourth-order valence-electron chi connectivity index (χ4n) is 4.37. The van der Waals surface area contributed by atoms with Crippen molar-refractivity contribution < 1.29 is 19.4 Å². The molecule has 1 aromatic heterocycles. The van der Waals surface area contributed by atoms with Gasteiger partial charge in [-0.05, 0) is 55.2 Å². The number of likely N-dealkylation sites (tertiary alicyclic amines) is 1. The lowest BCUT2D eigenvalue weighted by Gasteiger charge is -2.27. The van der Waals surface area contributed by atoms with E-state index in [1.807, 2.05) is 36.6 Å². The molecule has 4 rings (SSSR count). The number of ether oxygens (including phenoxy) is 1. The fraction of sp³-hybridized carbons (Fsp3) is 0.417. The van der Waals surface area contributed by atoms with E-state index in [-0.39, 0.29) is 17.4 Å². The summed E-state index contributed by atoms with van der Waals surface area (Å²) in [6.45, 7) is 9.01. The van der Waals surface area contributed by atoms with Crippen LogP contribution in [0.15, 0.2) is 41.3 Å². The first-order valence-corrected chi connectivity index (χ1v) is 11.7. The summed E-state index contributed by atoms with van der Waals surface area (Å²) in [7, 11) is 0. The highest BCUT2D eigenvalue weighted by molar-refractivity contribution is 7.10. The number of thiophene rings is 1. The molecule has 2 aliphatic heterocycles. The minimum Gasteiger partial charge on any atom is -0.507 e. The number of likely N-dealkylation sites (N-methyl/N-ethyl adjacent to an activating group) is 1. The van der Waals surface area contributed by atoms with Gasteiger partial charge in [0.1, 0.15) is 17.6 Å². The first-order valence-electron chi connectivity index (χ1n) is 10.8. The molecular weight excluding hydrogens is 412 g/mol. The number of aliphatic hydroxyl groups is 1. The first kappa shape index (κ1) is 21.6. The molecule has 1 amide bonds. The molecule has 0 aliphatic carbocycles. The second-order valence-electron chi connectivity index (χ2n) is 7.99. The number of ketones is 1. The second kappa shape index (κ2) is 8.85. The van der Waals surface area contributed by atoms with Crippen molar-refractivity contribution in [2.45, 2.75) is 39.3 Å². The summed E-state index contributed by atoms with van der Waals surface area (Å²) in [6, 6.07) is 8.68. The summed E-state index contributed by atoms with van der Waals surface area (Å²) in [5.74, 6) is -0.492. The van der Waals surface area contributed by atoms with E-state index in [0.717, 1.165) is 35.7 Å². The summed E-state index contributed by atoms with van der Waals surface area (Å²) >= 11 is 1.49. The van der Waals surface area contributed by atoms with E-state index < -0.39 is 17.7 Å². The Bertz CT molecular complexity index is 1010. The van der Waals surface area contributed by atoms with Gasteiger partial charge >= 0.3 is 0 Å². The lowest BCUT2D eigenvalue weighted by Crippen LogP contribution is -2.37. The van der Waals surface area contributed by atoms with Crippen LogP contribution in [0.1, 0.15) is 42.8 Å². The number of hydrogen-bond acceptors (Lipinski definition) is 6. The Morgan fingerprint density at radius 3 is 2.71 bits per heavy atom. The van der Waals surface area contributed by atoms with E-state index in [2.05, 4.69) is 18.7 Å². The Hall–Kier alpha value is -2.64. The van der Waals surface area contributed by atoms with Crippen LogP contribution in [0, 0.1) is 0 Å². The molecule has 0 saturated carbocycles. The van der Waals surface area contributed by atoms with E-state index in [4.69, 9.17) is 4.74 Å². The third-order valence-electron chi connectivity index (χ3n) is 6.07. The molecule has 3 heterocycles. The number of rotatable bonds is 7. The van der Waals surface area contributed by atoms with Gasteiger partial charge in [-0.1, -0.05) is 19.9 Å². The highest BCUT2D eigenvalue weighted by atomic mass is 32.1. The zero-order valence-corrected chi connectivity index (χ0v) is 18.9. The van der Waals surface area contributed by atoms with Gasteiger partial charge in [-0.3, -0.25) is 9.59 Å². The fourth-order valence-corrected chi connectivity index (χ4v) is 5.21. The van der Waals surface area contributed by atoms with Crippen molar-refractivity contribution >= 4 is 28.8 Å². The largest absolute Gasteiger partial charge is 0.507 e. The summed E-state index contributed by atoms with van der Waals surface area (Å²) in [4.78, 5) is 30.7. The molecule has 31 heavy (non-hydrogen) atoms. The Labute approximate surface area is 186 Å². The highest BCUT2D eigenvalue weighted by Gasteiger charge is 2.46. The molecule has 2 unspecified atom stereocenters. The van der Waals surface area contributed by atoms with Crippen molar-refractivity contribution in [1.82, 2.24) is 9.80 Å². The molecule has 2 aromatic rings. The summed E-state index contributed by atoms with van der Waals surface area (Å²) in [5.41, 5.74) is 1.71. The van der Waals surface area contributed by atoms with Crippen LogP contribution < -0.4 is 4.74 Å². The molecule has 1 N–H and O–H groups in total. The predicted octanol–water partition coefficient (Wildman–Crippen LogP) is 3.84. The van der Waals surface area contributed by atoms with Gasteiger partial charge in [-0.2, -0.15) is 0 Å². The molecular formula is C24H28N2O4S. The van der Waals surface area contributed by atoms with Gasteiger partial charge in [-0.25, -0.2) is 0 Å². The Morgan fingerprint density at radius 2 is 2.03 bits per heavy atom. The van der Waals surface area contributed by atoms with E-state index in [0.29, 0.717) is 18.7 Å². The minimum atomic E-state index is -0.624. The van der Waals surface area contributed by atoms with Crippen molar-refractivity contribution in [1.29, 1.82) is 0 Å². The average Bonchev–Trinajstić information content (AvgIpc) is 3.47. The maximum atomic E-state index is 13.1. The summed E-state index contributed by atoms with van der Waals surface area (Å²) in [6.07, 6.45) is 0.840. The van der Waals surface area contributed by atoms with Crippen molar-refractivity contribution in [2.24, 2.45) is 0 Å². The third kappa shape index (κ3) is 4.00. The minimum absolute atomic E-state index is 0.0872. The lowest BCUT2D eigenvalue weighted by atomic mass is 9.98. The smallest absolute Gasteiger partial charge is 0.295 e. The van der Waals surface area contributed by atoms with Crippen molar-refractivity contribution in [3.63, 3.8) is 0 Å². The molecule has 6 nitrogen and oxygen atoms in total. The number of benzene rings is 1. The van der Waals surface area contributed by atoms with Crippen LogP contribution in [0.3, 0.4) is 0 Å². The Balaban J connectivity index is 1.74. The van der Waals surface area contributed by atoms with Gasteiger partial charge in [-0.15, -0.1) is 11.3 Å². The number of carbonyl (C=O) groups excluding carboxylic acids is 2. The van der Waals surface area contributed by atoms with Crippen LogP contribution in [0.5, 0.6) is 5.75 Å². The topological polar surface area (TPSA) is 70.1 Å². The monoisotopic (exact) mass is 440 g/mol. The SMILES string of the molecule is CCN(CC)CCN1C(=O)C(=O)/C(=C(\O)c2ccc3c(c2)CC(C)O3)C1c1cccs1. The van der Waals surface area contributed by atoms with Gasteiger partial charge in [0.15, 0.2) is 0 Å². The molecule has 0 spiro atoms. The molecule has 0 bridgehead atoms. The Kier molecular flexibility index (Phi) is 6.16. The van der Waals surface area contributed by atoms with Gasteiger partial charge in [0.25, 0.3) is 11.7 Å². The number of amides is 1. The van der Waals surface area contributed by atoms with Gasteiger partial charge in [0.2, 0.25) is 0 Å². The summed E-state index contributed by atoms with van der Waals surface area (Å²) in [5, 5.41) is 13.1. The second-order valence-corrected chi connectivity index (χ2v) is 8.97. The third-order valence-corrected chi connectivity index (χ3v) is 7.00. The van der Waals surface area contributed by atoms with Crippen LogP contribution in [-0.2, 0) is 16.0 Å². The first-order chi connectivity index (χ1) is 14.9. The zero-order valence-electron chi connectivity index (χ0n) is 18.1.